The number of nitrogens with one attached hydrogen (secondary N) is 1. The van der Waals surface area contributed by atoms with Gasteiger partial charge in [-0.3, -0.25) is 9.59 Å². The van der Waals surface area contributed by atoms with Crippen LogP contribution in [0.25, 0.3) is 0 Å². The van der Waals surface area contributed by atoms with Crippen LogP contribution >= 0.6 is 11.6 Å². The van der Waals surface area contributed by atoms with E-state index >= 15 is 0 Å². The maximum Gasteiger partial charge on any atom is 0.254 e. The molecule has 2 heterocycles. The minimum atomic E-state index is -0.637. The standard InChI is InChI=1S/C27H25ClN2O5/c1-33-21-9-8-16(13-20(21)28)29-26(31)24-17-6-4-5-7-18(17)27(32)30-11-10-15-12-22(34-2)23(35-3)14-19(15)25(24)30/h4-9,12-14,24-25H,10-11H2,1-3H3,(H,29,31)/t24-,25+/m1/s1. The smallest absolute Gasteiger partial charge is 0.254 e. The Morgan fingerprint density at radius 1 is 0.943 bits per heavy atom. The molecule has 5 rings (SSSR count). The highest BCUT2D eigenvalue weighted by atomic mass is 35.5. The zero-order valence-electron chi connectivity index (χ0n) is 19.6. The van der Waals surface area contributed by atoms with E-state index in [4.69, 9.17) is 25.8 Å². The molecule has 0 aliphatic carbocycles. The van der Waals surface area contributed by atoms with Crippen molar-refractivity contribution < 1.29 is 23.8 Å². The van der Waals surface area contributed by atoms with Crippen molar-refractivity contribution in [1.29, 1.82) is 0 Å². The molecule has 2 aliphatic heterocycles. The normalized spacial score (nSPS) is 18.2. The largest absolute Gasteiger partial charge is 0.495 e. The third kappa shape index (κ3) is 3.86. The lowest BCUT2D eigenvalue weighted by Gasteiger charge is -2.45. The molecule has 8 heteroatoms. The minimum absolute atomic E-state index is 0.0809. The van der Waals surface area contributed by atoms with E-state index in [1.165, 1.54) is 7.11 Å². The van der Waals surface area contributed by atoms with Crippen LogP contribution in [0.3, 0.4) is 0 Å². The Balaban J connectivity index is 1.62. The first-order valence-electron chi connectivity index (χ1n) is 11.3. The topological polar surface area (TPSA) is 77.1 Å². The summed E-state index contributed by atoms with van der Waals surface area (Å²) in [7, 11) is 4.70. The van der Waals surface area contributed by atoms with Crippen LogP contribution < -0.4 is 19.5 Å². The average Bonchev–Trinajstić information content (AvgIpc) is 2.88. The summed E-state index contributed by atoms with van der Waals surface area (Å²) < 4.78 is 16.3. The van der Waals surface area contributed by atoms with E-state index in [2.05, 4.69) is 5.32 Å². The van der Waals surface area contributed by atoms with E-state index in [0.717, 1.165) is 11.1 Å². The van der Waals surface area contributed by atoms with Crippen LogP contribution in [0.5, 0.6) is 17.2 Å². The number of benzene rings is 3. The molecule has 2 amide bonds. The van der Waals surface area contributed by atoms with Gasteiger partial charge in [-0.1, -0.05) is 29.8 Å². The molecule has 3 aromatic carbocycles. The Hall–Kier alpha value is -3.71. The van der Waals surface area contributed by atoms with Crippen molar-refractivity contribution in [2.45, 2.75) is 18.4 Å². The molecule has 0 spiro atoms. The van der Waals surface area contributed by atoms with Crippen molar-refractivity contribution in [3.63, 3.8) is 0 Å². The average molecular weight is 493 g/mol. The van der Waals surface area contributed by atoms with Gasteiger partial charge in [0.25, 0.3) is 5.91 Å². The van der Waals surface area contributed by atoms with Gasteiger partial charge in [-0.2, -0.15) is 0 Å². The van der Waals surface area contributed by atoms with Gasteiger partial charge in [-0.05, 0) is 59.5 Å². The molecule has 1 N–H and O–H groups in total. The lowest BCUT2D eigenvalue weighted by molar-refractivity contribution is -0.119. The van der Waals surface area contributed by atoms with Crippen LogP contribution in [0.1, 0.15) is 39.0 Å². The summed E-state index contributed by atoms with van der Waals surface area (Å²) >= 11 is 6.28. The third-order valence-corrected chi connectivity index (χ3v) is 7.02. The SMILES string of the molecule is COc1ccc(NC(=O)[C@@H]2c3ccccc3C(=O)N3CCc4cc(OC)c(OC)cc4[C@@H]23)cc1Cl. The second kappa shape index (κ2) is 9.15. The molecule has 0 saturated heterocycles. The first-order valence-corrected chi connectivity index (χ1v) is 11.6. The predicted octanol–water partition coefficient (Wildman–Crippen LogP) is 4.84. The summed E-state index contributed by atoms with van der Waals surface area (Å²) in [5.41, 5.74) is 3.69. The van der Waals surface area contributed by atoms with Gasteiger partial charge in [0.1, 0.15) is 5.75 Å². The Labute approximate surface area is 208 Å². The van der Waals surface area contributed by atoms with Gasteiger partial charge in [0, 0.05) is 17.8 Å². The molecule has 7 nitrogen and oxygen atoms in total. The second-order valence-corrected chi connectivity index (χ2v) is 8.91. The van der Waals surface area contributed by atoms with Gasteiger partial charge in [0.2, 0.25) is 5.91 Å². The molecule has 180 valence electrons. The van der Waals surface area contributed by atoms with Crippen LogP contribution in [0.4, 0.5) is 5.69 Å². The molecule has 2 aliphatic rings. The van der Waals surface area contributed by atoms with E-state index in [1.54, 1.807) is 43.4 Å². The van der Waals surface area contributed by atoms with Gasteiger partial charge < -0.3 is 24.4 Å². The first kappa shape index (κ1) is 23.1. The second-order valence-electron chi connectivity index (χ2n) is 8.50. The third-order valence-electron chi connectivity index (χ3n) is 6.73. The summed E-state index contributed by atoms with van der Waals surface area (Å²) in [6.45, 7) is 0.498. The van der Waals surface area contributed by atoms with Gasteiger partial charge in [0.05, 0.1) is 38.3 Å². The first-order chi connectivity index (χ1) is 17.0. The number of hydrogen-bond donors (Lipinski definition) is 1. The Morgan fingerprint density at radius 3 is 2.37 bits per heavy atom. The Bertz CT molecular complexity index is 1320. The number of methoxy groups -OCH3 is 3. The zero-order chi connectivity index (χ0) is 24.7. The molecule has 0 bridgehead atoms. The lowest BCUT2D eigenvalue weighted by Crippen LogP contribution is -2.49. The van der Waals surface area contributed by atoms with E-state index in [-0.39, 0.29) is 11.8 Å². The van der Waals surface area contributed by atoms with Crippen LogP contribution in [0.2, 0.25) is 5.02 Å². The number of fused-ring (bicyclic) bond motifs is 4. The quantitative estimate of drug-likeness (QED) is 0.551. The number of hydrogen-bond acceptors (Lipinski definition) is 5. The number of ether oxygens (including phenoxy) is 3. The number of anilines is 1. The fourth-order valence-electron chi connectivity index (χ4n) is 5.10. The minimum Gasteiger partial charge on any atom is -0.495 e. The zero-order valence-corrected chi connectivity index (χ0v) is 20.4. The van der Waals surface area contributed by atoms with Crippen molar-refractivity contribution >= 4 is 29.1 Å². The van der Waals surface area contributed by atoms with Crippen molar-refractivity contribution in [3.8, 4) is 17.2 Å². The number of carbonyl (C=O) groups is 2. The maximum atomic E-state index is 13.9. The highest BCUT2D eigenvalue weighted by Gasteiger charge is 2.46. The fourth-order valence-corrected chi connectivity index (χ4v) is 5.36. The van der Waals surface area contributed by atoms with Crippen molar-refractivity contribution in [1.82, 2.24) is 4.90 Å². The highest BCUT2D eigenvalue weighted by molar-refractivity contribution is 6.32. The molecular weight excluding hydrogens is 468 g/mol. The summed E-state index contributed by atoms with van der Waals surface area (Å²) in [4.78, 5) is 29.1. The number of rotatable bonds is 5. The molecule has 0 fully saturated rings. The van der Waals surface area contributed by atoms with Crippen molar-refractivity contribution in [2.75, 3.05) is 33.2 Å². The summed E-state index contributed by atoms with van der Waals surface area (Å²) in [6.07, 6.45) is 0.655. The van der Waals surface area contributed by atoms with Gasteiger partial charge in [-0.15, -0.1) is 0 Å². The van der Waals surface area contributed by atoms with E-state index < -0.39 is 12.0 Å². The molecule has 35 heavy (non-hydrogen) atoms. The fraction of sp³-hybridized carbons (Fsp3) is 0.259. The van der Waals surface area contributed by atoms with E-state index in [9.17, 15) is 9.59 Å². The molecule has 3 aromatic rings. The highest BCUT2D eigenvalue weighted by Crippen LogP contribution is 2.48. The Kier molecular flexibility index (Phi) is 6.03. The van der Waals surface area contributed by atoms with Crippen molar-refractivity contribution in [3.05, 3.63) is 81.9 Å². The van der Waals surface area contributed by atoms with Crippen molar-refractivity contribution in [2.24, 2.45) is 0 Å². The van der Waals surface area contributed by atoms with Crippen LogP contribution in [-0.2, 0) is 11.2 Å². The molecule has 0 radical (unpaired) electrons. The Morgan fingerprint density at radius 2 is 1.66 bits per heavy atom. The van der Waals surface area contributed by atoms with Gasteiger partial charge in [0.15, 0.2) is 11.5 Å². The summed E-state index contributed by atoms with van der Waals surface area (Å²) in [5, 5.41) is 3.40. The van der Waals surface area contributed by atoms with Crippen LogP contribution in [0, 0.1) is 0 Å². The summed E-state index contributed by atoms with van der Waals surface area (Å²) in [6, 6.07) is 15.7. The molecule has 0 aromatic heterocycles. The van der Waals surface area contributed by atoms with E-state index in [0.29, 0.717) is 52.1 Å². The molecular formula is C27H25ClN2O5. The number of halogens is 1. The monoisotopic (exact) mass is 492 g/mol. The molecule has 0 unspecified atom stereocenters. The maximum absolute atomic E-state index is 13.9. The van der Waals surface area contributed by atoms with Crippen LogP contribution in [0.15, 0.2) is 54.6 Å². The predicted molar refractivity (Wildman–Crippen MR) is 133 cm³/mol. The number of nitrogens with zero attached hydrogens (tertiary/aromatic N) is 1. The number of carbonyl (C=O) groups excluding carboxylic acids is 2. The van der Waals surface area contributed by atoms with E-state index in [1.807, 2.05) is 30.3 Å². The molecule has 2 atom stereocenters. The molecule has 0 saturated carbocycles. The lowest BCUT2D eigenvalue weighted by atomic mass is 9.75. The number of amides is 2. The summed E-state index contributed by atoms with van der Waals surface area (Å²) in [5.74, 6) is 0.747. The van der Waals surface area contributed by atoms with Crippen LogP contribution in [-0.4, -0.2) is 44.6 Å². The van der Waals surface area contributed by atoms with Gasteiger partial charge in [-0.25, -0.2) is 0 Å². The van der Waals surface area contributed by atoms with Gasteiger partial charge >= 0.3 is 0 Å².